The zero-order valence-electron chi connectivity index (χ0n) is 12.4. The summed E-state index contributed by atoms with van der Waals surface area (Å²) in [6.45, 7) is 0.295. The predicted octanol–water partition coefficient (Wildman–Crippen LogP) is -3.86. The van der Waals surface area contributed by atoms with E-state index in [1.807, 2.05) is 0 Å². The van der Waals surface area contributed by atoms with Crippen LogP contribution in [0, 0.1) is 0 Å². The highest BCUT2D eigenvalue weighted by Crippen LogP contribution is 2.24. The molecule has 7 unspecified atom stereocenters. The SMILES string of the molecule is C[C@H](OC1OC(CO)C(O)C(O)C1O)C(CO)OC(S)C(O)O. The average molecular weight is 360 g/mol. The molecule has 0 radical (unpaired) electrons. The van der Waals surface area contributed by atoms with E-state index < -0.39 is 67.9 Å². The van der Waals surface area contributed by atoms with E-state index >= 15 is 0 Å². The summed E-state index contributed by atoms with van der Waals surface area (Å²) in [4.78, 5) is 0. The predicted molar refractivity (Wildman–Crippen MR) is 77.3 cm³/mol. The summed E-state index contributed by atoms with van der Waals surface area (Å²) in [5, 5.41) is 65.4. The molecule has 1 fully saturated rings. The van der Waals surface area contributed by atoms with Gasteiger partial charge in [0.15, 0.2) is 18.0 Å². The summed E-state index contributed by atoms with van der Waals surface area (Å²) in [6.07, 6.45) is -11.0. The van der Waals surface area contributed by atoms with Gasteiger partial charge in [0.2, 0.25) is 0 Å². The molecular formula is C12H24O10S. The van der Waals surface area contributed by atoms with E-state index in [1.54, 1.807) is 0 Å². The van der Waals surface area contributed by atoms with Gasteiger partial charge < -0.3 is 50.0 Å². The average Bonchev–Trinajstić information content (AvgIpc) is 2.52. The Morgan fingerprint density at radius 3 is 2.17 bits per heavy atom. The number of aliphatic hydroxyl groups excluding tert-OH is 6. The highest BCUT2D eigenvalue weighted by Gasteiger charge is 2.45. The van der Waals surface area contributed by atoms with Crippen molar-refractivity contribution in [1.82, 2.24) is 0 Å². The second kappa shape index (κ2) is 9.44. The van der Waals surface area contributed by atoms with Crippen LogP contribution in [-0.4, -0.2) is 104 Å². The fourth-order valence-corrected chi connectivity index (χ4v) is 2.19. The first-order valence-corrected chi connectivity index (χ1v) is 7.51. The summed E-state index contributed by atoms with van der Waals surface area (Å²) >= 11 is 3.78. The Balaban J connectivity index is 2.67. The Morgan fingerprint density at radius 2 is 1.70 bits per heavy atom. The van der Waals surface area contributed by atoms with Crippen LogP contribution >= 0.6 is 12.6 Å². The molecule has 0 bridgehead atoms. The van der Waals surface area contributed by atoms with Gasteiger partial charge in [0.05, 0.1) is 19.3 Å². The van der Waals surface area contributed by atoms with Crippen molar-refractivity contribution in [1.29, 1.82) is 0 Å². The van der Waals surface area contributed by atoms with Crippen molar-refractivity contribution in [3.05, 3.63) is 0 Å². The highest BCUT2D eigenvalue weighted by molar-refractivity contribution is 7.80. The van der Waals surface area contributed by atoms with Crippen molar-refractivity contribution in [2.75, 3.05) is 13.2 Å². The topological polar surface area (TPSA) is 169 Å². The fourth-order valence-electron chi connectivity index (χ4n) is 2.03. The van der Waals surface area contributed by atoms with Crippen molar-refractivity contribution in [2.45, 2.75) is 61.6 Å². The zero-order valence-corrected chi connectivity index (χ0v) is 13.3. The lowest BCUT2D eigenvalue weighted by atomic mass is 9.99. The fraction of sp³-hybridized carbons (Fsp3) is 1.00. The first-order valence-electron chi connectivity index (χ1n) is 6.99. The smallest absolute Gasteiger partial charge is 0.188 e. The molecular weight excluding hydrogens is 336 g/mol. The van der Waals surface area contributed by atoms with Crippen LogP contribution < -0.4 is 0 Å². The van der Waals surface area contributed by atoms with Crippen molar-refractivity contribution < 1.29 is 50.0 Å². The number of thiol groups is 1. The van der Waals surface area contributed by atoms with Crippen LogP contribution in [0.2, 0.25) is 0 Å². The van der Waals surface area contributed by atoms with E-state index in [0.717, 1.165) is 0 Å². The van der Waals surface area contributed by atoms with Crippen LogP contribution in [0.4, 0.5) is 0 Å². The number of aliphatic hydroxyl groups is 7. The highest BCUT2D eigenvalue weighted by atomic mass is 32.1. The number of ether oxygens (including phenoxy) is 3. The minimum atomic E-state index is -1.88. The van der Waals surface area contributed by atoms with Crippen LogP contribution in [0.15, 0.2) is 0 Å². The minimum absolute atomic E-state index is 0.553. The van der Waals surface area contributed by atoms with E-state index in [1.165, 1.54) is 6.92 Å². The molecule has 1 heterocycles. The van der Waals surface area contributed by atoms with Gasteiger partial charge in [-0.2, -0.15) is 0 Å². The molecule has 7 N–H and O–H groups in total. The standard InChI is InChI=1S/C12H24O10S/c1-4(5(2-13)22-12(23)10(18)19)20-11-9(17)8(16)7(15)6(3-14)21-11/h4-19,23H,2-3H2,1H3/t4-,5?,6?,7?,8?,9?,11?,12?/m0/s1. The van der Waals surface area contributed by atoms with Gasteiger partial charge in [0.1, 0.15) is 30.5 Å². The Bertz CT molecular complexity index is 344. The van der Waals surface area contributed by atoms with Crippen LogP contribution in [0.3, 0.4) is 0 Å². The second-order valence-corrected chi connectivity index (χ2v) is 5.71. The Morgan fingerprint density at radius 1 is 1.09 bits per heavy atom. The molecule has 1 aliphatic rings. The van der Waals surface area contributed by atoms with E-state index in [9.17, 15) is 20.4 Å². The molecule has 0 aromatic rings. The Labute approximate surface area is 138 Å². The quantitative estimate of drug-likeness (QED) is 0.158. The van der Waals surface area contributed by atoms with Gasteiger partial charge in [-0.3, -0.25) is 0 Å². The molecule has 10 nitrogen and oxygen atoms in total. The zero-order chi connectivity index (χ0) is 17.7. The summed E-state index contributed by atoms with van der Waals surface area (Å²) in [7, 11) is 0. The maximum Gasteiger partial charge on any atom is 0.188 e. The van der Waals surface area contributed by atoms with Crippen LogP contribution in [0.1, 0.15) is 6.92 Å². The third-order valence-electron chi connectivity index (χ3n) is 3.47. The molecule has 0 saturated carbocycles. The van der Waals surface area contributed by atoms with Gasteiger partial charge in [-0.25, -0.2) is 0 Å². The lowest BCUT2D eigenvalue weighted by molar-refractivity contribution is -0.318. The monoisotopic (exact) mass is 360 g/mol. The minimum Gasteiger partial charge on any atom is -0.394 e. The normalized spacial score (nSPS) is 36.0. The van der Waals surface area contributed by atoms with Gasteiger partial charge in [-0.05, 0) is 6.92 Å². The van der Waals surface area contributed by atoms with Gasteiger partial charge >= 0.3 is 0 Å². The summed E-state index contributed by atoms with van der Waals surface area (Å²) in [5.41, 5.74) is -1.30. The van der Waals surface area contributed by atoms with Gasteiger partial charge in [0, 0.05) is 0 Å². The van der Waals surface area contributed by atoms with Gasteiger partial charge in [-0.1, -0.05) is 0 Å². The molecule has 0 spiro atoms. The third-order valence-corrected chi connectivity index (χ3v) is 3.86. The molecule has 138 valence electrons. The molecule has 1 aliphatic heterocycles. The van der Waals surface area contributed by atoms with E-state index in [4.69, 9.17) is 29.5 Å². The number of hydrogen-bond donors (Lipinski definition) is 8. The molecule has 11 heteroatoms. The third kappa shape index (κ3) is 5.47. The molecule has 0 amide bonds. The van der Waals surface area contributed by atoms with E-state index in [0.29, 0.717) is 0 Å². The van der Waals surface area contributed by atoms with Gasteiger partial charge in [0.25, 0.3) is 0 Å². The van der Waals surface area contributed by atoms with E-state index in [2.05, 4.69) is 12.6 Å². The summed E-state index contributed by atoms with van der Waals surface area (Å²) < 4.78 is 15.6. The van der Waals surface area contributed by atoms with E-state index in [-0.39, 0.29) is 0 Å². The van der Waals surface area contributed by atoms with Crippen molar-refractivity contribution in [3.8, 4) is 0 Å². The lowest BCUT2D eigenvalue weighted by Crippen LogP contribution is -2.60. The van der Waals surface area contributed by atoms with Crippen molar-refractivity contribution in [2.24, 2.45) is 0 Å². The van der Waals surface area contributed by atoms with Gasteiger partial charge in [-0.15, -0.1) is 12.6 Å². The summed E-state index contributed by atoms with van der Waals surface area (Å²) in [5.74, 6) is 0. The number of hydrogen-bond acceptors (Lipinski definition) is 11. The maximum atomic E-state index is 9.85. The number of rotatable bonds is 8. The molecule has 0 aromatic heterocycles. The first kappa shape index (κ1) is 21.0. The molecule has 1 saturated heterocycles. The second-order valence-electron chi connectivity index (χ2n) is 5.20. The van der Waals surface area contributed by atoms with Crippen LogP contribution in [0.5, 0.6) is 0 Å². The Hall–Kier alpha value is -0.0500. The molecule has 0 aliphatic carbocycles. The summed E-state index contributed by atoms with van der Waals surface area (Å²) in [6, 6.07) is 0. The molecule has 23 heavy (non-hydrogen) atoms. The Kier molecular flexibility index (Phi) is 8.61. The molecule has 8 atom stereocenters. The van der Waals surface area contributed by atoms with Crippen molar-refractivity contribution >= 4 is 12.6 Å². The molecule has 1 rings (SSSR count). The first-order chi connectivity index (χ1) is 10.7. The largest absolute Gasteiger partial charge is 0.394 e. The lowest BCUT2D eigenvalue weighted by Gasteiger charge is -2.41. The van der Waals surface area contributed by atoms with Crippen LogP contribution in [-0.2, 0) is 14.2 Å². The molecule has 0 aromatic carbocycles. The van der Waals surface area contributed by atoms with Crippen molar-refractivity contribution in [3.63, 3.8) is 0 Å². The van der Waals surface area contributed by atoms with Crippen LogP contribution in [0.25, 0.3) is 0 Å². The maximum absolute atomic E-state index is 9.85.